The molecule has 0 aromatic heterocycles. The van der Waals surface area contributed by atoms with Crippen LogP contribution in [-0.2, 0) is 17.8 Å². The summed E-state index contributed by atoms with van der Waals surface area (Å²) in [6, 6.07) is 15.8. The normalized spacial score (nSPS) is 16.5. The highest BCUT2D eigenvalue weighted by Crippen LogP contribution is 2.18. The van der Waals surface area contributed by atoms with E-state index in [-0.39, 0.29) is 18.3 Å². The molecule has 0 saturated carbocycles. The van der Waals surface area contributed by atoms with Crippen molar-refractivity contribution < 1.29 is 9.53 Å². The van der Waals surface area contributed by atoms with Gasteiger partial charge in [-0.25, -0.2) is 0 Å². The lowest BCUT2D eigenvalue weighted by atomic mass is 10.0. The molecule has 3 rings (SSSR count). The van der Waals surface area contributed by atoms with E-state index in [1.54, 1.807) is 0 Å². The summed E-state index contributed by atoms with van der Waals surface area (Å²) in [6.07, 6.45) is 2.60. The van der Waals surface area contributed by atoms with E-state index in [0.717, 1.165) is 42.8 Å². The van der Waals surface area contributed by atoms with Crippen molar-refractivity contribution in [1.82, 2.24) is 10.2 Å². The Bertz CT molecular complexity index is 737. The zero-order valence-corrected chi connectivity index (χ0v) is 17.1. The number of halogens is 2. The fraction of sp³-hybridized carbons (Fsp3) is 0.381. The molecule has 27 heavy (non-hydrogen) atoms. The summed E-state index contributed by atoms with van der Waals surface area (Å²) >= 11 is 5.90. The van der Waals surface area contributed by atoms with Crippen molar-refractivity contribution in [1.29, 1.82) is 0 Å². The van der Waals surface area contributed by atoms with Crippen LogP contribution in [0.15, 0.2) is 48.5 Å². The minimum atomic E-state index is 0. The number of amides is 1. The number of piperidine rings is 1. The molecule has 1 atom stereocenters. The SMILES string of the molecule is CNC1CCCN(C(=O)Cc2cccc(OCc3ccc(Cl)cc3)c2)C1.Cl. The van der Waals surface area contributed by atoms with Crippen molar-refractivity contribution >= 4 is 29.9 Å². The van der Waals surface area contributed by atoms with Gasteiger partial charge in [0.1, 0.15) is 12.4 Å². The molecule has 2 aromatic carbocycles. The summed E-state index contributed by atoms with van der Waals surface area (Å²) in [5.41, 5.74) is 2.04. The molecule has 0 aliphatic carbocycles. The molecule has 1 saturated heterocycles. The molecule has 1 unspecified atom stereocenters. The molecule has 0 bridgehead atoms. The zero-order valence-electron chi connectivity index (χ0n) is 15.5. The first kappa shape index (κ1) is 21.5. The molecule has 6 heteroatoms. The van der Waals surface area contributed by atoms with Crippen molar-refractivity contribution in [3.8, 4) is 5.75 Å². The van der Waals surface area contributed by atoms with Gasteiger partial charge in [0.2, 0.25) is 5.91 Å². The number of likely N-dealkylation sites (N-methyl/N-ethyl adjacent to an activating group) is 1. The Morgan fingerprint density at radius 2 is 2.00 bits per heavy atom. The molecule has 4 nitrogen and oxygen atoms in total. The predicted octanol–water partition coefficient (Wildman–Crippen LogP) is 4.09. The number of carbonyl (C=O) groups excluding carboxylic acids is 1. The van der Waals surface area contributed by atoms with E-state index in [2.05, 4.69) is 5.32 Å². The number of hydrogen-bond donors (Lipinski definition) is 1. The molecular formula is C21H26Cl2N2O2. The van der Waals surface area contributed by atoms with Crippen molar-refractivity contribution in [3.63, 3.8) is 0 Å². The minimum Gasteiger partial charge on any atom is -0.489 e. The number of likely N-dealkylation sites (tertiary alicyclic amines) is 1. The standard InChI is InChI=1S/C21H25ClN2O2.ClH/c1-23-19-5-3-11-24(14-19)21(25)13-17-4-2-6-20(12-17)26-15-16-7-9-18(22)10-8-16;/h2,4,6-10,12,19,23H,3,5,11,13-15H2,1H3;1H. The van der Waals surface area contributed by atoms with Crippen LogP contribution in [0.1, 0.15) is 24.0 Å². The maximum atomic E-state index is 12.6. The molecule has 1 heterocycles. The topological polar surface area (TPSA) is 41.6 Å². The van der Waals surface area contributed by atoms with E-state index in [0.29, 0.717) is 24.1 Å². The fourth-order valence-electron chi connectivity index (χ4n) is 3.22. The van der Waals surface area contributed by atoms with E-state index in [1.807, 2.05) is 60.5 Å². The molecule has 146 valence electrons. The van der Waals surface area contributed by atoms with Crippen molar-refractivity contribution in [2.75, 3.05) is 20.1 Å². The second-order valence-corrected chi connectivity index (χ2v) is 7.14. The van der Waals surface area contributed by atoms with Gasteiger partial charge in [-0.2, -0.15) is 0 Å². The molecule has 0 radical (unpaired) electrons. The number of carbonyl (C=O) groups is 1. The molecule has 1 amide bonds. The summed E-state index contributed by atoms with van der Waals surface area (Å²) in [6.45, 7) is 2.12. The lowest BCUT2D eigenvalue weighted by Gasteiger charge is -2.32. The highest BCUT2D eigenvalue weighted by Gasteiger charge is 2.22. The summed E-state index contributed by atoms with van der Waals surface area (Å²) < 4.78 is 5.86. The van der Waals surface area contributed by atoms with Crippen LogP contribution in [0.3, 0.4) is 0 Å². The van der Waals surface area contributed by atoms with Crippen molar-refractivity contribution in [2.24, 2.45) is 0 Å². The van der Waals surface area contributed by atoms with Crippen LogP contribution in [0.25, 0.3) is 0 Å². The maximum Gasteiger partial charge on any atom is 0.227 e. The first-order chi connectivity index (χ1) is 12.6. The van der Waals surface area contributed by atoms with Crippen LogP contribution in [0, 0.1) is 0 Å². The summed E-state index contributed by atoms with van der Waals surface area (Å²) in [5, 5.41) is 3.99. The third-order valence-electron chi connectivity index (χ3n) is 4.75. The van der Waals surface area contributed by atoms with E-state index in [9.17, 15) is 4.79 Å². The van der Waals surface area contributed by atoms with Crippen LogP contribution in [0.5, 0.6) is 5.75 Å². The van der Waals surface area contributed by atoms with Crippen LogP contribution in [0.4, 0.5) is 0 Å². The van der Waals surface area contributed by atoms with Gasteiger partial charge in [-0.3, -0.25) is 4.79 Å². The number of hydrogen-bond acceptors (Lipinski definition) is 3. The maximum absolute atomic E-state index is 12.6. The van der Waals surface area contributed by atoms with Crippen LogP contribution in [0.2, 0.25) is 5.02 Å². The predicted molar refractivity (Wildman–Crippen MR) is 112 cm³/mol. The number of ether oxygens (including phenoxy) is 1. The van der Waals surface area contributed by atoms with Crippen molar-refractivity contribution in [2.45, 2.75) is 31.9 Å². The van der Waals surface area contributed by atoms with Crippen LogP contribution in [-0.4, -0.2) is 37.0 Å². The average molecular weight is 409 g/mol. The van der Waals surface area contributed by atoms with E-state index >= 15 is 0 Å². The van der Waals surface area contributed by atoms with Crippen LogP contribution < -0.4 is 10.1 Å². The van der Waals surface area contributed by atoms with Gasteiger partial charge in [0.05, 0.1) is 6.42 Å². The summed E-state index contributed by atoms with van der Waals surface area (Å²) in [7, 11) is 1.96. The molecule has 0 spiro atoms. The molecule has 1 aliphatic heterocycles. The Kier molecular flexibility index (Phi) is 8.42. The lowest BCUT2D eigenvalue weighted by Crippen LogP contribution is -2.47. The third-order valence-corrected chi connectivity index (χ3v) is 5.01. The molecule has 1 aliphatic rings. The number of rotatable bonds is 6. The Morgan fingerprint density at radius 1 is 1.22 bits per heavy atom. The lowest BCUT2D eigenvalue weighted by molar-refractivity contribution is -0.131. The molecule has 1 N–H and O–H groups in total. The smallest absolute Gasteiger partial charge is 0.227 e. The number of nitrogens with one attached hydrogen (secondary N) is 1. The second kappa shape index (κ2) is 10.5. The first-order valence-electron chi connectivity index (χ1n) is 9.05. The van der Waals surface area contributed by atoms with E-state index in [4.69, 9.17) is 16.3 Å². The Balaban J connectivity index is 0.00000261. The molecule has 1 fully saturated rings. The van der Waals surface area contributed by atoms with Gasteiger partial charge in [-0.1, -0.05) is 35.9 Å². The third kappa shape index (κ3) is 6.42. The first-order valence-corrected chi connectivity index (χ1v) is 9.43. The molecular weight excluding hydrogens is 383 g/mol. The van der Waals surface area contributed by atoms with Gasteiger partial charge in [0, 0.05) is 24.2 Å². The Hall–Kier alpha value is -1.75. The highest BCUT2D eigenvalue weighted by molar-refractivity contribution is 6.30. The quantitative estimate of drug-likeness (QED) is 0.782. The molecule has 2 aromatic rings. The minimum absolute atomic E-state index is 0. The van der Waals surface area contributed by atoms with Gasteiger partial charge in [-0.05, 0) is 55.3 Å². The highest BCUT2D eigenvalue weighted by atomic mass is 35.5. The number of benzene rings is 2. The van der Waals surface area contributed by atoms with Gasteiger partial charge in [-0.15, -0.1) is 12.4 Å². The fourth-order valence-corrected chi connectivity index (χ4v) is 3.34. The second-order valence-electron chi connectivity index (χ2n) is 6.71. The van der Waals surface area contributed by atoms with E-state index in [1.165, 1.54) is 0 Å². The van der Waals surface area contributed by atoms with Gasteiger partial charge < -0.3 is 15.0 Å². The monoisotopic (exact) mass is 408 g/mol. The Labute approximate surface area is 172 Å². The summed E-state index contributed by atoms with van der Waals surface area (Å²) in [5.74, 6) is 0.955. The van der Waals surface area contributed by atoms with Gasteiger partial charge >= 0.3 is 0 Å². The van der Waals surface area contributed by atoms with Gasteiger partial charge in [0.25, 0.3) is 0 Å². The number of nitrogens with zero attached hydrogens (tertiary/aromatic N) is 1. The van der Waals surface area contributed by atoms with Gasteiger partial charge in [0.15, 0.2) is 0 Å². The zero-order chi connectivity index (χ0) is 18.4. The average Bonchev–Trinajstić information content (AvgIpc) is 2.68. The van der Waals surface area contributed by atoms with Crippen molar-refractivity contribution in [3.05, 3.63) is 64.7 Å². The summed E-state index contributed by atoms with van der Waals surface area (Å²) in [4.78, 5) is 14.6. The largest absolute Gasteiger partial charge is 0.489 e. The van der Waals surface area contributed by atoms with Crippen LogP contribution >= 0.6 is 24.0 Å². The Morgan fingerprint density at radius 3 is 2.74 bits per heavy atom. The van der Waals surface area contributed by atoms with E-state index < -0.39 is 0 Å².